The molecule has 1 fully saturated rings. The standard InChI is InChI=1S/C21H24N2O2/c22-20(13-16-7-4-5-8-17(16)14-20)19(24)23-12-6-11-21(25,15-23)18-9-2-1-3-10-18/h1-5,7-10,25H,6,11-15,22H2. The van der Waals surface area contributed by atoms with Gasteiger partial charge < -0.3 is 15.7 Å². The minimum absolute atomic E-state index is 0.0437. The highest BCUT2D eigenvalue weighted by Crippen LogP contribution is 2.35. The molecule has 1 aliphatic heterocycles. The first-order chi connectivity index (χ1) is 12.0. The Morgan fingerprint density at radius 2 is 1.60 bits per heavy atom. The molecule has 2 aliphatic rings. The van der Waals surface area contributed by atoms with Gasteiger partial charge in [-0.25, -0.2) is 0 Å². The van der Waals surface area contributed by atoms with Crippen LogP contribution in [0, 0.1) is 0 Å². The van der Waals surface area contributed by atoms with Crippen LogP contribution < -0.4 is 5.73 Å². The number of carbonyl (C=O) groups is 1. The van der Waals surface area contributed by atoms with Crippen molar-refractivity contribution < 1.29 is 9.90 Å². The number of aliphatic hydroxyl groups is 1. The maximum absolute atomic E-state index is 13.2. The first-order valence-electron chi connectivity index (χ1n) is 8.93. The zero-order chi connectivity index (χ0) is 17.5. The highest BCUT2D eigenvalue weighted by atomic mass is 16.3. The van der Waals surface area contributed by atoms with E-state index in [1.54, 1.807) is 4.90 Å². The van der Waals surface area contributed by atoms with Gasteiger partial charge in [-0.2, -0.15) is 0 Å². The second kappa shape index (κ2) is 5.97. The highest BCUT2D eigenvalue weighted by Gasteiger charge is 2.45. The molecular weight excluding hydrogens is 312 g/mol. The van der Waals surface area contributed by atoms with Crippen molar-refractivity contribution in [1.82, 2.24) is 4.90 Å². The van der Waals surface area contributed by atoms with E-state index in [1.807, 2.05) is 54.6 Å². The molecule has 0 bridgehead atoms. The van der Waals surface area contributed by atoms with Crippen LogP contribution in [0.25, 0.3) is 0 Å². The Hall–Kier alpha value is -2.17. The summed E-state index contributed by atoms with van der Waals surface area (Å²) in [6.45, 7) is 0.967. The van der Waals surface area contributed by atoms with Crippen molar-refractivity contribution in [2.75, 3.05) is 13.1 Å². The number of hydrogen-bond donors (Lipinski definition) is 2. The molecule has 0 aromatic heterocycles. The molecule has 1 aliphatic carbocycles. The fourth-order valence-electron chi connectivity index (χ4n) is 4.30. The van der Waals surface area contributed by atoms with E-state index in [4.69, 9.17) is 5.73 Å². The molecule has 25 heavy (non-hydrogen) atoms. The molecule has 0 spiro atoms. The summed E-state index contributed by atoms with van der Waals surface area (Å²) >= 11 is 0. The number of β-amino-alcohol motifs (C(OH)–C–C–N with tert-alkyl or cyclic N) is 1. The summed E-state index contributed by atoms with van der Waals surface area (Å²) < 4.78 is 0. The SMILES string of the molecule is NC1(C(=O)N2CCCC(O)(c3ccccc3)C2)Cc2ccccc2C1. The van der Waals surface area contributed by atoms with Crippen molar-refractivity contribution in [2.24, 2.45) is 5.73 Å². The number of fused-ring (bicyclic) bond motifs is 1. The summed E-state index contributed by atoms with van der Waals surface area (Å²) in [6.07, 6.45) is 2.59. The number of benzene rings is 2. The number of rotatable bonds is 2. The van der Waals surface area contributed by atoms with Crippen LogP contribution >= 0.6 is 0 Å². The second-order valence-electron chi connectivity index (χ2n) is 7.51. The fraction of sp³-hybridized carbons (Fsp3) is 0.381. The maximum Gasteiger partial charge on any atom is 0.243 e. The van der Waals surface area contributed by atoms with Gasteiger partial charge in [0.1, 0.15) is 11.1 Å². The minimum Gasteiger partial charge on any atom is -0.383 e. The van der Waals surface area contributed by atoms with Crippen LogP contribution in [0.4, 0.5) is 0 Å². The summed E-state index contributed by atoms with van der Waals surface area (Å²) in [5.41, 5.74) is 7.85. The average molecular weight is 336 g/mol. The Bertz CT molecular complexity index is 764. The number of piperidine rings is 1. The van der Waals surface area contributed by atoms with Crippen LogP contribution in [-0.2, 0) is 23.2 Å². The van der Waals surface area contributed by atoms with E-state index in [0.29, 0.717) is 32.4 Å². The monoisotopic (exact) mass is 336 g/mol. The third-order valence-electron chi connectivity index (χ3n) is 5.63. The molecule has 130 valence electrons. The van der Waals surface area contributed by atoms with Gasteiger partial charge in [-0.15, -0.1) is 0 Å². The molecule has 2 aromatic carbocycles. The lowest BCUT2D eigenvalue weighted by molar-refractivity contribution is -0.144. The second-order valence-corrected chi connectivity index (χ2v) is 7.51. The fourth-order valence-corrected chi connectivity index (χ4v) is 4.30. The van der Waals surface area contributed by atoms with Crippen molar-refractivity contribution >= 4 is 5.91 Å². The van der Waals surface area contributed by atoms with Crippen molar-refractivity contribution in [1.29, 1.82) is 0 Å². The summed E-state index contributed by atoms with van der Waals surface area (Å²) in [6, 6.07) is 17.7. The third-order valence-corrected chi connectivity index (χ3v) is 5.63. The average Bonchev–Trinajstić information content (AvgIpc) is 2.99. The van der Waals surface area contributed by atoms with E-state index < -0.39 is 11.1 Å². The van der Waals surface area contributed by atoms with Crippen molar-refractivity contribution in [3.05, 3.63) is 71.3 Å². The number of nitrogens with zero attached hydrogens (tertiary/aromatic N) is 1. The van der Waals surface area contributed by atoms with Crippen LogP contribution in [0.1, 0.15) is 29.5 Å². The molecule has 1 heterocycles. The predicted octanol–water partition coefficient (Wildman–Crippen LogP) is 1.99. The lowest BCUT2D eigenvalue weighted by Gasteiger charge is -2.42. The first kappa shape index (κ1) is 16.3. The lowest BCUT2D eigenvalue weighted by atomic mass is 9.84. The Kier molecular flexibility index (Phi) is 3.89. The Morgan fingerprint density at radius 3 is 2.24 bits per heavy atom. The van der Waals surface area contributed by atoms with E-state index in [0.717, 1.165) is 23.1 Å². The molecule has 4 rings (SSSR count). The summed E-state index contributed by atoms with van der Waals surface area (Å²) in [5.74, 6) is -0.0437. The lowest BCUT2D eigenvalue weighted by Crippen LogP contribution is -2.60. The molecule has 0 radical (unpaired) electrons. The van der Waals surface area contributed by atoms with Gasteiger partial charge in [-0.05, 0) is 42.4 Å². The quantitative estimate of drug-likeness (QED) is 0.881. The predicted molar refractivity (Wildman–Crippen MR) is 96.9 cm³/mol. The zero-order valence-corrected chi connectivity index (χ0v) is 14.3. The van der Waals surface area contributed by atoms with Gasteiger partial charge in [-0.1, -0.05) is 54.6 Å². The molecule has 3 N–H and O–H groups in total. The Morgan fingerprint density at radius 1 is 1.00 bits per heavy atom. The van der Waals surface area contributed by atoms with Crippen LogP contribution in [0.15, 0.2) is 54.6 Å². The van der Waals surface area contributed by atoms with E-state index >= 15 is 0 Å². The largest absolute Gasteiger partial charge is 0.383 e. The van der Waals surface area contributed by atoms with Crippen LogP contribution in [0.3, 0.4) is 0 Å². The molecule has 1 unspecified atom stereocenters. The molecule has 4 heteroatoms. The normalized spacial score (nSPS) is 24.8. The van der Waals surface area contributed by atoms with Gasteiger partial charge in [0, 0.05) is 6.54 Å². The molecule has 1 amide bonds. The number of amides is 1. The maximum atomic E-state index is 13.2. The molecule has 2 aromatic rings. The van der Waals surface area contributed by atoms with Gasteiger partial charge in [0.25, 0.3) is 0 Å². The first-order valence-corrected chi connectivity index (χ1v) is 8.93. The minimum atomic E-state index is -0.989. The number of likely N-dealkylation sites (tertiary alicyclic amines) is 1. The Balaban J connectivity index is 1.55. The molecule has 0 saturated carbocycles. The van der Waals surface area contributed by atoms with E-state index in [9.17, 15) is 9.90 Å². The highest BCUT2D eigenvalue weighted by molar-refractivity contribution is 5.88. The molecule has 1 saturated heterocycles. The van der Waals surface area contributed by atoms with Crippen LogP contribution in [-0.4, -0.2) is 34.5 Å². The van der Waals surface area contributed by atoms with Gasteiger partial charge in [0.15, 0.2) is 0 Å². The number of carbonyl (C=O) groups excluding carboxylic acids is 1. The van der Waals surface area contributed by atoms with Gasteiger partial charge in [0.05, 0.1) is 6.54 Å². The van der Waals surface area contributed by atoms with Crippen molar-refractivity contribution in [2.45, 2.75) is 36.8 Å². The summed E-state index contributed by atoms with van der Waals surface area (Å²) in [7, 11) is 0. The smallest absolute Gasteiger partial charge is 0.243 e. The molecule has 4 nitrogen and oxygen atoms in total. The molecule has 1 atom stereocenters. The number of hydrogen-bond acceptors (Lipinski definition) is 3. The van der Waals surface area contributed by atoms with Crippen LogP contribution in [0.5, 0.6) is 0 Å². The van der Waals surface area contributed by atoms with E-state index in [-0.39, 0.29) is 5.91 Å². The van der Waals surface area contributed by atoms with Crippen molar-refractivity contribution in [3.8, 4) is 0 Å². The number of nitrogens with two attached hydrogens (primary N) is 1. The van der Waals surface area contributed by atoms with Gasteiger partial charge >= 0.3 is 0 Å². The summed E-state index contributed by atoms with van der Waals surface area (Å²) in [5, 5.41) is 11.1. The topological polar surface area (TPSA) is 66.6 Å². The Labute approximate surface area is 148 Å². The molecular formula is C21H24N2O2. The third kappa shape index (κ3) is 2.86. The summed E-state index contributed by atoms with van der Waals surface area (Å²) in [4.78, 5) is 15.0. The van der Waals surface area contributed by atoms with E-state index in [1.165, 1.54) is 0 Å². The van der Waals surface area contributed by atoms with Crippen molar-refractivity contribution in [3.63, 3.8) is 0 Å². The van der Waals surface area contributed by atoms with Crippen LogP contribution in [0.2, 0.25) is 0 Å². The van der Waals surface area contributed by atoms with Gasteiger partial charge in [-0.3, -0.25) is 4.79 Å². The zero-order valence-electron chi connectivity index (χ0n) is 14.3. The van der Waals surface area contributed by atoms with Gasteiger partial charge in [0.2, 0.25) is 5.91 Å². The van der Waals surface area contributed by atoms with E-state index in [2.05, 4.69) is 0 Å².